The summed E-state index contributed by atoms with van der Waals surface area (Å²) in [5, 5.41) is 0. The van der Waals surface area contributed by atoms with Crippen LogP contribution in [0.5, 0.6) is 0 Å². The monoisotopic (exact) mass is 1110 g/mol. The van der Waals surface area contributed by atoms with Crippen LogP contribution >= 0.6 is 0 Å². The van der Waals surface area contributed by atoms with E-state index in [1.807, 2.05) is 0 Å². The zero-order valence-electron chi connectivity index (χ0n) is 52.3. The summed E-state index contributed by atoms with van der Waals surface area (Å²) in [5.74, 6) is -1.49. The Hall–Kier alpha value is -4.58. The zero-order chi connectivity index (χ0) is 58.4. The smallest absolute Gasteiger partial charge is 0.313 e. The highest BCUT2D eigenvalue weighted by atomic mass is 16.6. The summed E-state index contributed by atoms with van der Waals surface area (Å²) in [7, 11) is 0. The zero-order valence-corrected chi connectivity index (χ0v) is 52.3. The molecule has 0 N–H and O–H groups in total. The molecule has 0 rings (SSSR count). The molecule has 0 aromatic rings. The number of hydrogen-bond donors (Lipinski definition) is 0. The van der Waals surface area contributed by atoms with E-state index in [1.54, 1.807) is 0 Å². The van der Waals surface area contributed by atoms with Gasteiger partial charge in [0.1, 0.15) is 0 Å². The van der Waals surface area contributed by atoms with E-state index in [-0.39, 0.29) is 17.9 Å². The Morgan fingerprint density at radius 3 is 0.650 bits per heavy atom. The Morgan fingerprint density at radius 2 is 0.400 bits per heavy atom. The highest BCUT2D eigenvalue weighted by molar-refractivity contribution is 5.85. The van der Waals surface area contributed by atoms with Gasteiger partial charge in [0.25, 0.3) is 0 Å². The van der Waals surface area contributed by atoms with E-state index in [0.717, 1.165) is 135 Å². The van der Waals surface area contributed by atoms with Gasteiger partial charge in [-0.2, -0.15) is 0 Å². The van der Waals surface area contributed by atoms with Crippen LogP contribution < -0.4 is 0 Å². The minimum Gasteiger partial charge on any atom is -0.393 e. The number of carbonyl (C=O) groups excluding carboxylic acids is 4. The maximum Gasteiger partial charge on any atom is 0.313 e. The van der Waals surface area contributed by atoms with Crippen LogP contribution in [0.1, 0.15) is 310 Å². The quantitative estimate of drug-likeness (QED) is 0.0261. The molecule has 0 spiro atoms. The lowest BCUT2D eigenvalue weighted by molar-refractivity contribution is -0.161. The van der Waals surface area contributed by atoms with Gasteiger partial charge in [-0.3, -0.25) is 19.2 Å². The van der Waals surface area contributed by atoms with Crippen molar-refractivity contribution in [3.63, 3.8) is 0 Å². The van der Waals surface area contributed by atoms with Crippen LogP contribution in [0.2, 0.25) is 0 Å². The lowest BCUT2D eigenvalue weighted by atomic mass is 10.1. The van der Waals surface area contributed by atoms with Crippen molar-refractivity contribution in [2.75, 3.05) is 0 Å². The number of unbranched alkanes of at least 4 members (excludes halogenated alkanes) is 25. The highest BCUT2D eigenvalue weighted by Gasteiger charge is 2.11. The molecule has 80 heavy (non-hydrogen) atoms. The minimum atomic E-state index is -0.395. The topological polar surface area (TPSA) is 86.7 Å². The third-order valence-electron chi connectivity index (χ3n) is 13.4. The fourth-order valence-corrected chi connectivity index (χ4v) is 8.43. The first-order chi connectivity index (χ1) is 39.4. The van der Waals surface area contributed by atoms with Crippen LogP contribution in [0, 0.1) is 0 Å². The largest absolute Gasteiger partial charge is 0.393 e. The molecule has 0 amide bonds. The Labute approximate surface area is 494 Å². The summed E-state index contributed by atoms with van der Waals surface area (Å²) in [6, 6.07) is 0. The van der Waals surface area contributed by atoms with E-state index >= 15 is 0 Å². The van der Waals surface area contributed by atoms with Gasteiger partial charge in [-0.25, -0.2) is 0 Å². The molecule has 454 valence electrons. The van der Waals surface area contributed by atoms with Gasteiger partial charge >= 0.3 is 23.9 Å². The van der Waals surface area contributed by atoms with E-state index in [0.29, 0.717) is 32.1 Å². The van der Waals surface area contributed by atoms with Crippen molar-refractivity contribution in [2.45, 2.75) is 310 Å². The molecule has 0 saturated heterocycles. The summed E-state index contributed by atoms with van der Waals surface area (Å²) in [4.78, 5) is 47.5. The molecular weight excluding hydrogens is 985 g/mol. The third kappa shape index (κ3) is 71.4. The Morgan fingerprint density at radius 1 is 0.212 bits per heavy atom. The van der Waals surface area contributed by atoms with Gasteiger partial charge in [-0.1, -0.05) is 258 Å². The summed E-state index contributed by atoms with van der Waals surface area (Å²) in [5.41, 5.74) is 0. The second kappa shape index (κ2) is 70.5. The maximum absolute atomic E-state index is 11.9. The van der Waals surface area contributed by atoms with Crippen molar-refractivity contribution in [1.29, 1.82) is 0 Å². The maximum atomic E-state index is 11.9. The van der Waals surface area contributed by atoms with Crippen molar-refractivity contribution in [3.05, 3.63) is 134 Å². The molecule has 0 heterocycles. The molecule has 0 radical (unpaired) electrons. The van der Waals surface area contributed by atoms with Crippen LogP contribution in [-0.2, 0) is 28.7 Å². The van der Waals surface area contributed by atoms with Crippen molar-refractivity contribution >= 4 is 23.9 Å². The van der Waals surface area contributed by atoms with Crippen LogP contribution in [0.25, 0.3) is 0 Å². The van der Waals surface area contributed by atoms with Crippen molar-refractivity contribution < 1.29 is 28.7 Å². The normalized spacial score (nSPS) is 12.3. The van der Waals surface area contributed by atoms with E-state index in [1.165, 1.54) is 116 Å². The van der Waals surface area contributed by atoms with E-state index in [2.05, 4.69) is 161 Å². The number of allylic oxidation sites excluding steroid dienone is 22. The molecule has 0 atom stereocenters. The van der Waals surface area contributed by atoms with Gasteiger partial charge in [0.05, 0.1) is 0 Å². The molecular formula is C74H122O6. The highest BCUT2D eigenvalue weighted by Crippen LogP contribution is 2.13. The summed E-state index contributed by atoms with van der Waals surface area (Å²) < 4.78 is 9.94. The van der Waals surface area contributed by atoms with E-state index in [4.69, 9.17) is 9.47 Å². The molecule has 0 fully saturated rings. The Balaban J connectivity index is 0. The van der Waals surface area contributed by atoms with Crippen molar-refractivity contribution in [1.82, 2.24) is 0 Å². The van der Waals surface area contributed by atoms with Crippen LogP contribution in [0.15, 0.2) is 134 Å². The second-order valence-electron chi connectivity index (χ2n) is 21.2. The molecule has 0 aromatic heterocycles. The van der Waals surface area contributed by atoms with Gasteiger partial charge in [-0.05, 0) is 161 Å². The van der Waals surface area contributed by atoms with Crippen molar-refractivity contribution in [3.8, 4) is 0 Å². The second-order valence-corrected chi connectivity index (χ2v) is 21.2. The van der Waals surface area contributed by atoms with Gasteiger partial charge in [0, 0.05) is 25.7 Å². The number of hydrogen-bond acceptors (Lipinski definition) is 6. The molecule has 0 aliphatic rings. The molecule has 0 bridgehead atoms. The van der Waals surface area contributed by atoms with Crippen molar-refractivity contribution in [2.24, 2.45) is 0 Å². The molecule has 0 aromatic carbocycles. The average molecular weight is 1110 g/mol. The Bertz CT molecular complexity index is 1710. The number of ether oxygens (including phenoxy) is 2. The number of esters is 4. The Kier molecular flexibility index (Phi) is 68.3. The van der Waals surface area contributed by atoms with Gasteiger partial charge < -0.3 is 9.47 Å². The SMILES string of the molecule is CC/C=C\C/C=C\C/C=C\CCCCCCCC(=O)OC(=O)CCCCCCC/C=C\C/C=C\CCCCC.CCCCCC=CCC=CCC=CCC=CCCCC(=O)OC(=O)CCCCCCC/C=C\C/C=C\CCCCC. The van der Waals surface area contributed by atoms with Crippen LogP contribution in [0.4, 0.5) is 0 Å². The first-order valence-electron chi connectivity index (χ1n) is 33.0. The van der Waals surface area contributed by atoms with Crippen LogP contribution in [-0.4, -0.2) is 23.9 Å². The first-order valence-corrected chi connectivity index (χ1v) is 33.0. The molecule has 0 aliphatic heterocycles. The molecule has 0 unspecified atom stereocenters. The summed E-state index contributed by atoms with van der Waals surface area (Å²) >= 11 is 0. The fourth-order valence-electron chi connectivity index (χ4n) is 8.43. The molecule has 0 saturated carbocycles. The van der Waals surface area contributed by atoms with E-state index in [9.17, 15) is 19.2 Å². The predicted octanol–water partition coefficient (Wildman–Crippen LogP) is 23.5. The standard InChI is InChI=1S/C38H62O3.C36H60O3/c1-3-5-7-9-11-13-15-17-19-20-22-24-26-28-30-32-34-36-38(40)41-37(39)35-33-31-29-27-25-23-21-18-16-14-12-10-8-6-4-2;1-3-5-7-9-11-13-15-17-19-21-23-25-27-29-31-33-35(37)39-36(38)34-32-30-28-26-24-22-20-18-16-14-12-10-8-6-4-2/h11-14,17-19,21-22,24,28,30H,3-10,15-16,20,23,25-27,29,31-36H2,1-2H3;5,7,11-14,17-20H,3-4,6,8-10,15-16,21-34H2,1-2H3/b13-11?,14-12-,19-17?,21-18-,24-22?,30-28?;7-5-,13-11-,14-12-,19-17-,20-18-. The molecule has 6 heteroatoms. The van der Waals surface area contributed by atoms with Gasteiger partial charge in [-0.15, -0.1) is 0 Å². The summed E-state index contributed by atoms with van der Waals surface area (Å²) in [6.45, 7) is 8.86. The summed E-state index contributed by atoms with van der Waals surface area (Å²) in [6.07, 6.45) is 94.8. The third-order valence-corrected chi connectivity index (χ3v) is 13.4. The van der Waals surface area contributed by atoms with Gasteiger partial charge in [0.2, 0.25) is 0 Å². The molecule has 0 aliphatic carbocycles. The number of rotatable bonds is 55. The first kappa shape index (κ1) is 77.5. The van der Waals surface area contributed by atoms with Crippen LogP contribution in [0.3, 0.4) is 0 Å². The predicted molar refractivity (Wildman–Crippen MR) is 349 cm³/mol. The minimum absolute atomic E-state index is 0.298. The fraction of sp³-hybridized carbons (Fsp3) is 0.649. The van der Waals surface area contributed by atoms with Gasteiger partial charge in [0.15, 0.2) is 0 Å². The van der Waals surface area contributed by atoms with E-state index < -0.39 is 5.97 Å². The average Bonchev–Trinajstić information content (AvgIpc) is 3.45. The number of carbonyl (C=O) groups is 4. The lowest BCUT2D eigenvalue weighted by Crippen LogP contribution is -2.11. The lowest BCUT2D eigenvalue weighted by Gasteiger charge is -2.04. The molecule has 6 nitrogen and oxygen atoms in total.